The molecule has 0 bridgehead atoms. The van der Waals surface area contributed by atoms with E-state index in [1.165, 1.54) is 0 Å². The van der Waals surface area contributed by atoms with Gasteiger partial charge in [0.15, 0.2) is 0 Å². The number of carbonyl (C=O) groups excluding carboxylic acids is 3. The number of urea groups is 1. The highest BCUT2D eigenvalue weighted by atomic mass is 16.5. The summed E-state index contributed by atoms with van der Waals surface area (Å²) in [6, 6.07) is -0.600. The lowest BCUT2D eigenvalue weighted by molar-refractivity contribution is -0.146. The molecule has 1 spiro atoms. The molecule has 1 aliphatic carbocycles. The first-order chi connectivity index (χ1) is 8.63. The zero-order chi connectivity index (χ0) is 12.8. The Kier molecular flexibility index (Phi) is 2.62. The second kappa shape index (κ2) is 4.05. The van der Waals surface area contributed by atoms with Crippen molar-refractivity contribution < 1.29 is 19.1 Å². The molecule has 1 unspecified atom stereocenters. The van der Waals surface area contributed by atoms with E-state index in [0.717, 1.165) is 24.2 Å². The number of nitrogens with zero attached hydrogens (tertiary/aromatic N) is 1. The molecule has 6 heteroatoms. The summed E-state index contributed by atoms with van der Waals surface area (Å²) in [5.74, 6) is -0.774. The van der Waals surface area contributed by atoms with Gasteiger partial charge in [0.2, 0.25) is 11.8 Å². The van der Waals surface area contributed by atoms with E-state index in [-0.39, 0.29) is 18.6 Å². The molecular formula is C12H16N2O4. The molecular weight excluding hydrogens is 236 g/mol. The van der Waals surface area contributed by atoms with Crippen LogP contribution in [0.2, 0.25) is 0 Å². The number of amides is 4. The van der Waals surface area contributed by atoms with Crippen LogP contribution in [0.3, 0.4) is 0 Å². The largest absolute Gasteiger partial charge is 0.376 e. The zero-order valence-corrected chi connectivity index (χ0v) is 10.1. The van der Waals surface area contributed by atoms with Crippen LogP contribution in [0.1, 0.15) is 32.1 Å². The van der Waals surface area contributed by atoms with E-state index in [0.29, 0.717) is 19.4 Å². The molecule has 2 saturated heterocycles. The monoisotopic (exact) mass is 252 g/mol. The Balaban J connectivity index is 1.72. The van der Waals surface area contributed by atoms with E-state index in [1.54, 1.807) is 0 Å². The molecule has 0 radical (unpaired) electrons. The number of barbiturate groups is 1. The van der Waals surface area contributed by atoms with Crippen LogP contribution in [0, 0.1) is 5.41 Å². The van der Waals surface area contributed by atoms with E-state index >= 15 is 0 Å². The second-order valence-corrected chi connectivity index (χ2v) is 5.25. The second-order valence-electron chi connectivity index (χ2n) is 5.25. The van der Waals surface area contributed by atoms with Gasteiger partial charge < -0.3 is 4.74 Å². The Labute approximate surface area is 105 Å². The van der Waals surface area contributed by atoms with E-state index in [1.807, 2.05) is 0 Å². The molecule has 18 heavy (non-hydrogen) atoms. The van der Waals surface area contributed by atoms with Crippen molar-refractivity contribution in [2.24, 2.45) is 5.41 Å². The van der Waals surface area contributed by atoms with E-state index in [9.17, 15) is 14.4 Å². The summed E-state index contributed by atoms with van der Waals surface area (Å²) >= 11 is 0. The zero-order valence-electron chi connectivity index (χ0n) is 10.1. The fraction of sp³-hybridized carbons (Fsp3) is 0.750. The van der Waals surface area contributed by atoms with Crippen LogP contribution < -0.4 is 5.32 Å². The molecule has 2 heterocycles. The lowest BCUT2D eigenvalue weighted by Crippen LogP contribution is -2.60. The fourth-order valence-electron chi connectivity index (χ4n) is 2.62. The van der Waals surface area contributed by atoms with Gasteiger partial charge in [-0.1, -0.05) is 0 Å². The summed E-state index contributed by atoms with van der Waals surface area (Å²) in [6.07, 6.45) is 3.95. The Bertz CT molecular complexity index is 410. The molecule has 3 fully saturated rings. The van der Waals surface area contributed by atoms with Crippen molar-refractivity contribution >= 4 is 17.8 Å². The Morgan fingerprint density at radius 3 is 2.67 bits per heavy atom. The number of hydrogen-bond acceptors (Lipinski definition) is 4. The quantitative estimate of drug-likeness (QED) is 0.722. The SMILES string of the molecule is O=C1NC(=O)C2(CC2)C(=O)N1CC1CCCCO1. The van der Waals surface area contributed by atoms with Crippen LogP contribution in [0.5, 0.6) is 0 Å². The third-order valence-electron chi connectivity index (χ3n) is 3.96. The van der Waals surface area contributed by atoms with Crippen molar-refractivity contribution in [3.63, 3.8) is 0 Å². The van der Waals surface area contributed by atoms with Crippen molar-refractivity contribution in [2.75, 3.05) is 13.2 Å². The van der Waals surface area contributed by atoms with Crippen molar-refractivity contribution in [1.29, 1.82) is 0 Å². The third-order valence-corrected chi connectivity index (χ3v) is 3.96. The van der Waals surface area contributed by atoms with Gasteiger partial charge in [-0.05, 0) is 32.1 Å². The van der Waals surface area contributed by atoms with Crippen LogP contribution >= 0.6 is 0 Å². The maximum absolute atomic E-state index is 12.2. The number of hydrogen-bond donors (Lipinski definition) is 1. The first kappa shape index (κ1) is 11.6. The van der Waals surface area contributed by atoms with E-state index < -0.39 is 17.4 Å². The highest BCUT2D eigenvalue weighted by Gasteiger charge is 2.62. The molecule has 0 aromatic rings. The molecule has 0 aromatic carbocycles. The van der Waals surface area contributed by atoms with Gasteiger partial charge in [0.25, 0.3) is 0 Å². The minimum absolute atomic E-state index is 0.0857. The van der Waals surface area contributed by atoms with Crippen molar-refractivity contribution in [3.05, 3.63) is 0 Å². The van der Waals surface area contributed by atoms with Crippen LogP contribution in [-0.2, 0) is 14.3 Å². The molecule has 1 saturated carbocycles. The van der Waals surface area contributed by atoms with Gasteiger partial charge in [0.1, 0.15) is 5.41 Å². The normalized spacial score (nSPS) is 30.6. The average molecular weight is 252 g/mol. The van der Waals surface area contributed by atoms with Gasteiger partial charge in [0, 0.05) is 6.61 Å². The molecule has 1 N–H and O–H groups in total. The summed E-state index contributed by atoms with van der Waals surface area (Å²) in [5, 5.41) is 2.27. The number of imide groups is 2. The molecule has 0 aromatic heterocycles. The maximum atomic E-state index is 12.2. The van der Waals surface area contributed by atoms with Gasteiger partial charge in [0.05, 0.1) is 12.6 Å². The van der Waals surface area contributed by atoms with Gasteiger partial charge in [-0.25, -0.2) is 4.79 Å². The van der Waals surface area contributed by atoms with Gasteiger partial charge in [-0.2, -0.15) is 0 Å². The van der Waals surface area contributed by atoms with E-state index in [4.69, 9.17) is 4.74 Å². The lowest BCUT2D eigenvalue weighted by atomic mass is 10.0. The maximum Gasteiger partial charge on any atom is 0.330 e. The summed E-state index contributed by atoms with van der Waals surface area (Å²) in [5.41, 5.74) is -0.942. The molecule has 4 amide bonds. The number of carbonyl (C=O) groups is 3. The fourth-order valence-corrected chi connectivity index (χ4v) is 2.62. The number of nitrogens with one attached hydrogen (secondary N) is 1. The van der Waals surface area contributed by atoms with Crippen molar-refractivity contribution in [2.45, 2.75) is 38.2 Å². The Morgan fingerprint density at radius 1 is 1.28 bits per heavy atom. The predicted molar refractivity (Wildman–Crippen MR) is 60.5 cm³/mol. The third kappa shape index (κ3) is 1.71. The van der Waals surface area contributed by atoms with Crippen LogP contribution in [0.15, 0.2) is 0 Å². The Morgan fingerprint density at radius 2 is 2.06 bits per heavy atom. The smallest absolute Gasteiger partial charge is 0.330 e. The van der Waals surface area contributed by atoms with Crippen molar-refractivity contribution in [3.8, 4) is 0 Å². The molecule has 3 rings (SSSR count). The van der Waals surface area contributed by atoms with E-state index in [2.05, 4.69) is 5.32 Å². The van der Waals surface area contributed by atoms with Crippen LogP contribution in [0.4, 0.5) is 4.79 Å². The van der Waals surface area contributed by atoms with Gasteiger partial charge >= 0.3 is 6.03 Å². The topological polar surface area (TPSA) is 75.7 Å². The summed E-state index contributed by atoms with van der Waals surface area (Å²) in [6.45, 7) is 0.943. The summed E-state index contributed by atoms with van der Waals surface area (Å²) in [4.78, 5) is 36.7. The first-order valence-corrected chi connectivity index (χ1v) is 6.42. The number of ether oxygens (including phenoxy) is 1. The average Bonchev–Trinajstić information content (AvgIpc) is 3.16. The standard InChI is InChI=1S/C12H16N2O4/c15-9-12(4-5-12)10(16)14(11(17)13-9)7-8-3-1-2-6-18-8/h8H,1-7H2,(H,13,15,17). The predicted octanol–water partition coefficient (Wildman–Crippen LogP) is 0.414. The minimum atomic E-state index is -0.942. The van der Waals surface area contributed by atoms with Crippen molar-refractivity contribution in [1.82, 2.24) is 10.2 Å². The Hall–Kier alpha value is -1.43. The molecule has 1 atom stereocenters. The molecule has 2 aliphatic heterocycles. The highest BCUT2D eigenvalue weighted by molar-refractivity contribution is 6.20. The molecule has 3 aliphatic rings. The van der Waals surface area contributed by atoms with Gasteiger partial charge in [-0.3, -0.25) is 19.8 Å². The molecule has 6 nitrogen and oxygen atoms in total. The molecule has 98 valence electrons. The highest BCUT2D eigenvalue weighted by Crippen LogP contribution is 2.49. The summed E-state index contributed by atoms with van der Waals surface area (Å²) < 4.78 is 5.53. The van der Waals surface area contributed by atoms with Gasteiger partial charge in [-0.15, -0.1) is 0 Å². The lowest BCUT2D eigenvalue weighted by Gasteiger charge is -2.33. The minimum Gasteiger partial charge on any atom is -0.376 e. The summed E-state index contributed by atoms with van der Waals surface area (Å²) in [7, 11) is 0. The number of rotatable bonds is 2. The van der Waals surface area contributed by atoms with Crippen LogP contribution in [0.25, 0.3) is 0 Å². The first-order valence-electron chi connectivity index (χ1n) is 6.42. The van der Waals surface area contributed by atoms with Crippen LogP contribution in [-0.4, -0.2) is 42.0 Å².